The maximum atomic E-state index is 11.2. The van der Waals surface area contributed by atoms with Gasteiger partial charge in [-0.15, -0.1) is 0 Å². The Balaban J connectivity index is 2.45. The van der Waals surface area contributed by atoms with E-state index >= 15 is 0 Å². The summed E-state index contributed by atoms with van der Waals surface area (Å²) in [4.78, 5) is 15.3. The van der Waals surface area contributed by atoms with Crippen LogP contribution in [0.1, 0.15) is 20.3 Å². The third-order valence-corrected chi connectivity index (χ3v) is 2.06. The molecule has 0 aliphatic heterocycles. The molecule has 0 radical (unpaired) electrons. The van der Waals surface area contributed by atoms with Gasteiger partial charge in [-0.3, -0.25) is 4.79 Å². The van der Waals surface area contributed by atoms with Gasteiger partial charge in [0.25, 0.3) is 0 Å². The van der Waals surface area contributed by atoms with Crippen LogP contribution in [0, 0.1) is 0 Å². The highest BCUT2D eigenvalue weighted by atomic mass is 16.5. The zero-order chi connectivity index (χ0) is 12.5. The monoisotopic (exact) mass is 237 g/mol. The van der Waals surface area contributed by atoms with Crippen molar-refractivity contribution in [3.05, 3.63) is 18.3 Å². The van der Waals surface area contributed by atoms with E-state index in [1.54, 1.807) is 13.1 Å². The summed E-state index contributed by atoms with van der Waals surface area (Å²) in [5.74, 6) is 0.549. The maximum Gasteiger partial charge on any atom is 0.325 e. The molecule has 0 spiro atoms. The molecule has 0 unspecified atom stereocenters. The average Bonchev–Trinajstić information content (AvgIpc) is 2.35. The van der Waals surface area contributed by atoms with Gasteiger partial charge in [0.1, 0.15) is 12.4 Å². The Labute approximate surface area is 102 Å². The van der Waals surface area contributed by atoms with Crippen molar-refractivity contribution in [1.82, 2.24) is 4.98 Å². The van der Waals surface area contributed by atoms with E-state index in [4.69, 9.17) is 4.74 Å². The molecule has 0 aliphatic carbocycles. The Morgan fingerprint density at radius 2 is 2.24 bits per heavy atom. The second kappa shape index (κ2) is 7.49. The van der Waals surface area contributed by atoms with Crippen molar-refractivity contribution in [2.24, 2.45) is 0 Å². The minimum atomic E-state index is -0.257. The average molecular weight is 237 g/mol. The summed E-state index contributed by atoms with van der Waals surface area (Å²) in [6.07, 6.45) is 2.74. The normalized spacial score (nSPS) is 9.76. The van der Waals surface area contributed by atoms with Gasteiger partial charge < -0.3 is 15.4 Å². The molecule has 0 aromatic carbocycles. The molecule has 0 saturated carbocycles. The Morgan fingerprint density at radius 1 is 1.41 bits per heavy atom. The van der Waals surface area contributed by atoms with Gasteiger partial charge in [-0.25, -0.2) is 4.98 Å². The Hall–Kier alpha value is -1.78. The van der Waals surface area contributed by atoms with E-state index in [-0.39, 0.29) is 12.5 Å². The van der Waals surface area contributed by atoms with Crippen LogP contribution in [0.3, 0.4) is 0 Å². The van der Waals surface area contributed by atoms with Gasteiger partial charge in [-0.05, 0) is 19.4 Å². The second-order valence-electron chi connectivity index (χ2n) is 3.52. The second-order valence-corrected chi connectivity index (χ2v) is 3.52. The number of pyridine rings is 1. The molecule has 5 heteroatoms. The van der Waals surface area contributed by atoms with Crippen molar-refractivity contribution in [2.75, 3.05) is 30.3 Å². The predicted molar refractivity (Wildman–Crippen MR) is 68.1 cm³/mol. The van der Waals surface area contributed by atoms with Crippen LogP contribution in [0.15, 0.2) is 18.3 Å². The zero-order valence-electron chi connectivity index (χ0n) is 10.3. The van der Waals surface area contributed by atoms with Gasteiger partial charge in [0.05, 0.1) is 6.61 Å². The van der Waals surface area contributed by atoms with E-state index in [0.717, 1.165) is 24.5 Å². The first kappa shape index (κ1) is 13.3. The smallest absolute Gasteiger partial charge is 0.325 e. The van der Waals surface area contributed by atoms with Crippen molar-refractivity contribution in [1.29, 1.82) is 0 Å². The summed E-state index contributed by atoms with van der Waals surface area (Å²) in [5.41, 5.74) is 0.853. The molecule has 2 N–H and O–H groups in total. The first-order valence-corrected chi connectivity index (χ1v) is 5.85. The van der Waals surface area contributed by atoms with Crippen LogP contribution in [0.5, 0.6) is 0 Å². The lowest BCUT2D eigenvalue weighted by atomic mass is 10.3. The highest BCUT2D eigenvalue weighted by Crippen LogP contribution is 2.11. The number of nitrogens with one attached hydrogen (secondary N) is 2. The van der Waals surface area contributed by atoms with E-state index in [2.05, 4.69) is 22.5 Å². The predicted octanol–water partition coefficient (Wildman–Crippen LogP) is 1.88. The molecule has 0 atom stereocenters. The van der Waals surface area contributed by atoms with Gasteiger partial charge in [0.15, 0.2) is 0 Å². The maximum absolute atomic E-state index is 11.2. The Bertz CT molecular complexity index is 355. The molecule has 17 heavy (non-hydrogen) atoms. The van der Waals surface area contributed by atoms with Crippen LogP contribution < -0.4 is 10.6 Å². The molecular formula is C12H19N3O2. The molecule has 1 heterocycles. The lowest BCUT2D eigenvalue weighted by Gasteiger charge is -2.08. The van der Waals surface area contributed by atoms with Crippen LogP contribution in [0.25, 0.3) is 0 Å². The molecular weight excluding hydrogens is 218 g/mol. The van der Waals surface area contributed by atoms with E-state index < -0.39 is 0 Å². The summed E-state index contributed by atoms with van der Waals surface area (Å²) in [6.45, 7) is 5.34. The minimum Gasteiger partial charge on any atom is -0.465 e. The number of hydrogen-bond acceptors (Lipinski definition) is 5. The minimum absolute atomic E-state index is 0.172. The van der Waals surface area contributed by atoms with Crippen molar-refractivity contribution in [3.63, 3.8) is 0 Å². The number of carbonyl (C=O) groups excluding carboxylic acids is 1. The Kier molecular flexibility index (Phi) is 5.85. The SMILES string of the molecule is CCCNc1cc(NCC(=O)OCC)ccn1. The van der Waals surface area contributed by atoms with Crippen LogP contribution in [-0.2, 0) is 9.53 Å². The number of rotatable bonds is 7. The van der Waals surface area contributed by atoms with Crippen LogP contribution in [-0.4, -0.2) is 30.6 Å². The third-order valence-electron chi connectivity index (χ3n) is 2.06. The van der Waals surface area contributed by atoms with Crippen molar-refractivity contribution in [3.8, 4) is 0 Å². The van der Waals surface area contributed by atoms with E-state index in [0.29, 0.717) is 6.61 Å². The zero-order valence-corrected chi connectivity index (χ0v) is 10.3. The first-order valence-electron chi connectivity index (χ1n) is 5.85. The molecule has 0 aliphatic rings. The number of esters is 1. The van der Waals surface area contributed by atoms with Crippen molar-refractivity contribution >= 4 is 17.5 Å². The summed E-state index contributed by atoms with van der Waals surface area (Å²) >= 11 is 0. The fraction of sp³-hybridized carbons (Fsp3) is 0.500. The summed E-state index contributed by atoms with van der Waals surface area (Å²) in [7, 11) is 0. The van der Waals surface area contributed by atoms with Crippen molar-refractivity contribution in [2.45, 2.75) is 20.3 Å². The van der Waals surface area contributed by atoms with Gasteiger partial charge in [-0.1, -0.05) is 6.92 Å². The highest BCUT2D eigenvalue weighted by molar-refractivity contribution is 5.75. The number of ether oxygens (including phenoxy) is 1. The fourth-order valence-electron chi connectivity index (χ4n) is 1.28. The van der Waals surface area contributed by atoms with E-state index in [1.165, 1.54) is 0 Å². The summed E-state index contributed by atoms with van der Waals surface area (Å²) < 4.78 is 4.83. The van der Waals surface area contributed by atoms with Crippen LogP contribution >= 0.6 is 0 Å². The lowest BCUT2D eigenvalue weighted by Crippen LogP contribution is -2.16. The largest absolute Gasteiger partial charge is 0.465 e. The highest BCUT2D eigenvalue weighted by Gasteiger charge is 2.01. The van der Waals surface area contributed by atoms with E-state index in [9.17, 15) is 4.79 Å². The van der Waals surface area contributed by atoms with E-state index in [1.807, 2.05) is 12.1 Å². The van der Waals surface area contributed by atoms with Gasteiger partial charge in [-0.2, -0.15) is 0 Å². The molecule has 1 aromatic rings. The molecule has 0 fully saturated rings. The summed E-state index contributed by atoms with van der Waals surface area (Å²) in [5, 5.41) is 6.17. The molecule has 94 valence electrons. The molecule has 0 saturated heterocycles. The fourth-order valence-corrected chi connectivity index (χ4v) is 1.28. The number of anilines is 2. The molecule has 1 rings (SSSR count). The topological polar surface area (TPSA) is 63.2 Å². The van der Waals surface area contributed by atoms with Crippen LogP contribution in [0.2, 0.25) is 0 Å². The number of hydrogen-bond donors (Lipinski definition) is 2. The molecule has 0 bridgehead atoms. The van der Waals surface area contributed by atoms with Gasteiger partial charge >= 0.3 is 5.97 Å². The van der Waals surface area contributed by atoms with Crippen LogP contribution in [0.4, 0.5) is 11.5 Å². The standard InChI is InChI=1S/C12H19N3O2/c1-3-6-13-11-8-10(5-7-14-11)15-9-12(16)17-4-2/h5,7-8H,3-4,6,9H2,1-2H3,(H2,13,14,15). The number of aromatic nitrogens is 1. The first-order chi connectivity index (χ1) is 8.26. The van der Waals surface area contributed by atoms with Crippen molar-refractivity contribution < 1.29 is 9.53 Å². The number of carbonyl (C=O) groups is 1. The summed E-state index contributed by atoms with van der Waals surface area (Å²) in [6, 6.07) is 3.69. The molecule has 1 aromatic heterocycles. The Morgan fingerprint density at radius 3 is 2.94 bits per heavy atom. The lowest BCUT2D eigenvalue weighted by molar-refractivity contribution is -0.140. The molecule has 5 nitrogen and oxygen atoms in total. The van der Waals surface area contributed by atoms with Gasteiger partial charge in [0, 0.05) is 24.5 Å². The van der Waals surface area contributed by atoms with Gasteiger partial charge in [0.2, 0.25) is 0 Å². The molecule has 0 amide bonds. The quantitative estimate of drug-likeness (QED) is 0.709. The third kappa shape index (κ3) is 5.19. The number of nitrogens with zero attached hydrogens (tertiary/aromatic N) is 1.